The molecule has 0 saturated carbocycles. The largest absolute Gasteiger partial charge is 0.456 e. The summed E-state index contributed by atoms with van der Waals surface area (Å²) >= 11 is 0. The second-order valence-electron chi connectivity index (χ2n) is 12.1. The maximum absolute atomic E-state index is 6.31. The van der Waals surface area contributed by atoms with Crippen LogP contribution in [0.25, 0.3) is 66.1 Å². The van der Waals surface area contributed by atoms with E-state index in [1.54, 1.807) is 0 Å². The van der Waals surface area contributed by atoms with Crippen molar-refractivity contribution >= 4 is 43.9 Å². The highest BCUT2D eigenvalue weighted by molar-refractivity contribution is 6.17. The summed E-state index contributed by atoms with van der Waals surface area (Å²) in [7, 11) is 0. The molecule has 2 aliphatic carbocycles. The fraction of sp³-hybridized carbons (Fsp3) is 0.167. The molecule has 2 aliphatic rings. The van der Waals surface area contributed by atoms with Crippen molar-refractivity contribution in [3.8, 4) is 22.3 Å². The van der Waals surface area contributed by atoms with Gasteiger partial charge in [0.1, 0.15) is 22.3 Å². The number of benzene rings is 5. The highest BCUT2D eigenvalue weighted by Gasteiger charge is 2.43. The van der Waals surface area contributed by atoms with E-state index in [1.807, 2.05) is 0 Å². The Kier molecular flexibility index (Phi) is 3.49. The Morgan fingerprint density at radius 1 is 0.447 bits per heavy atom. The Hall–Kier alpha value is -4.30. The molecule has 0 saturated heterocycles. The van der Waals surface area contributed by atoms with E-state index in [0.717, 1.165) is 22.3 Å². The molecule has 38 heavy (non-hydrogen) atoms. The van der Waals surface area contributed by atoms with Crippen LogP contribution in [0.3, 0.4) is 0 Å². The number of para-hydroxylation sites is 2. The van der Waals surface area contributed by atoms with Crippen LogP contribution in [0.2, 0.25) is 0 Å². The fourth-order valence-corrected chi connectivity index (χ4v) is 7.57. The highest BCUT2D eigenvalue weighted by atomic mass is 16.3. The summed E-state index contributed by atoms with van der Waals surface area (Å²) in [5, 5.41) is 4.86. The maximum Gasteiger partial charge on any atom is 0.136 e. The molecule has 0 atom stereocenters. The van der Waals surface area contributed by atoms with Gasteiger partial charge in [-0.2, -0.15) is 0 Å². The number of fused-ring (bicyclic) bond motifs is 14. The van der Waals surface area contributed by atoms with Crippen LogP contribution >= 0.6 is 0 Å². The molecule has 0 radical (unpaired) electrons. The molecule has 2 heteroatoms. The normalized spacial score (nSPS) is 16.3. The summed E-state index contributed by atoms with van der Waals surface area (Å²) in [4.78, 5) is 0. The number of rotatable bonds is 0. The molecule has 0 spiro atoms. The van der Waals surface area contributed by atoms with E-state index in [2.05, 4.69) is 113 Å². The Morgan fingerprint density at radius 2 is 0.868 bits per heavy atom. The lowest BCUT2D eigenvalue weighted by Crippen LogP contribution is -2.16. The summed E-state index contributed by atoms with van der Waals surface area (Å²) < 4.78 is 12.6. The summed E-state index contributed by atoms with van der Waals surface area (Å²) in [6, 6.07) is 30.7. The van der Waals surface area contributed by atoms with Gasteiger partial charge in [0.2, 0.25) is 0 Å². The zero-order valence-electron chi connectivity index (χ0n) is 21.9. The molecule has 5 aromatic carbocycles. The second kappa shape index (κ2) is 6.39. The minimum Gasteiger partial charge on any atom is -0.456 e. The molecule has 7 aromatic rings. The van der Waals surface area contributed by atoms with Gasteiger partial charge in [0.05, 0.1) is 0 Å². The van der Waals surface area contributed by atoms with Gasteiger partial charge in [0.15, 0.2) is 0 Å². The smallest absolute Gasteiger partial charge is 0.136 e. The molecular weight excluding hydrogens is 464 g/mol. The van der Waals surface area contributed by atoms with Crippen molar-refractivity contribution in [2.75, 3.05) is 0 Å². The van der Waals surface area contributed by atoms with Crippen LogP contribution in [-0.4, -0.2) is 0 Å². The lowest BCUT2D eigenvalue weighted by atomic mass is 9.79. The monoisotopic (exact) mass is 490 g/mol. The fourth-order valence-electron chi connectivity index (χ4n) is 7.57. The summed E-state index contributed by atoms with van der Waals surface area (Å²) in [6.07, 6.45) is 0. The average Bonchev–Trinajstić information content (AvgIpc) is 3.60. The van der Waals surface area contributed by atoms with E-state index in [1.165, 1.54) is 66.1 Å². The van der Waals surface area contributed by atoms with Crippen LogP contribution < -0.4 is 0 Å². The molecule has 0 amide bonds. The predicted molar refractivity (Wildman–Crippen MR) is 156 cm³/mol. The van der Waals surface area contributed by atoms with Gasteiger partial charge < -0.3 is 8.83 Å². The molecule has 0 unspecified atom stereocenters. The topological polar surface area (TPSA) is 26.3 Å². The van der Waals surface area contributed by atoms with Crippen molar-refractivity contribution in [2.45, 2.75) is 38.5 Å². The first-order valence-electron chi connectivity index (χ1n) is 13.4. The van der Waals surface area contributed by atoms with Gasteiger partial charge in [-0.1, -0.05) is 76.2 Å². The first-order chi connectivity index (χ1) is 18.4. The first kappa shape index (κ1) is 20.7. The van der Waals surface area contributed by atoms with E-state index >= 15 is 0 Å². The van der Waals surface area contributed by atoms with Crippen LogP contribution in [0, 0.1) is 0 Å². The average molecular weight is 491 g/mol. The van der Waals surface area contributed by atoms with Crippen LogP contribution in [-0.2, 0) is 10.8 Å². The molecule has 2 nitrogen and oxygen atoms in total. The minimum atomic E-state index is -0.120. The van der Waals surface area contributed by atoms with Crippen molar-refractivity contribution in [3.05, 3.63) is 107 Å². The quantitative estimate of drug-likeness (QED) is 0.211. The second-order valence-corrected chi connectivity index (χ2v) is 12.1. The third-order valence-electron chi connectivity index (χ3n) is 9.48. The van der Waals surface area contributed by atoms with E-state index in [9.17, 15) is 0 Å². The molecule has 182 valence electrons. The Balaban J connectivity index is 1.43. The maximum atomic E-state index is 6.31. The summed E-state index contributed by atoms with van der Waals surface area (Å²) in [5.74, 6) is 0. The number of hydrogen-bond acceptors (Lipinski definition) is 2. The molecule has 9 rings (SSSR count). The van der Waals surface area contributed by atoms with E-state index in [-0.39, 0.29) is 10.8 Å². The molecular formula is C36H26O2. The lowest BCUT2D eigenvalue weighted by Gasteiger charge is -2.24. The molecule has 2 aromatic heterocycles. The zero-order chi connectivity index (χ0) is 25.6. The van der Waals surface area contributed by atoms with Gasteiger partial charge in [-0.3, -0.25) is 0 Å². The molecule has 0 fully saturated rings. The Morgan fingerprint density at radius 3 is 1.32 bits per heavy atom. The van der Waals surface area contributed by atoms with Gasteiger partial charge in [0, 0.05) is 32.4 Å². The number of hydrogen-bond donors (Lipinski definition) is 0. The Bertz CT molecular complexity index is 2020. The van der Waals surface area contributed by atoms with Gasteiger partial charge in [0.25, 0.3) is 0 Å². The van der Waals surface area contributed by atoms with E-state index in [0.29, 0.717) is 0 Å². The third-order valence-corrected chi connectivity index (χ3v) is 9.48. The summed E-state index contributed by atoms with van der Waals surface area (Å²) in [6.45, 7) is 9.47. The van der Waals surface area contributed by atoms with Crippen molar-refractivity contribution in [1.82, 2.24) is 0 Å². The predicted octanol–water partition coefficient (Wildman–Crippen LogP) is 10.1. The molecule has 2 heterocycles. The first-order valence-corrected chi connectivity index (χ1v) is 13.4. The summed E-state index contributed by atoms with van der Waals surface area (Å²) in [5.41, 5.74) is 14.5. The molecule has 0 bridgehead atoms. The third kappa shape index (κ3) is 2.23. The van der Waals surface area contributed by atoms with Crippen LogP contribution in [0.4, 0.5) is 0 Å². The van der Waals surface area contributed by atoms with Crippen LogP contribution in [0.15, 0.2) is 93.8 Å². The van der Waals surface area contributed by atoms with Crippen molar-refractivity contribution in [3.63, 3.8) is 0 Å². The minimum absolute atomic E-state index is 0.120. The van der Waals surface area contributed by atoms with E-state index in [4.69, 9.17) is 8.83 Å². The SMILES string of the molecule is CC1(C)c2cc3c(cc2-c2c1ccc1oc4ccccc4c21)C(C)(C)c1ccc2oc4ccccc4c2c1-3. The lowest BCUT2D eigenvalue weighted by molar-refractivity contribution is 0.650. The van der Waals surface area contributed by atoms with E-state index < -0.39 is 0 Å². The van der Waals surface area contributed by atoms with Crippen molar-refractivity contribution in [1.29, 1.82) is 0 Å². The van der Waals surface area contributed by atoms with Gasteiger partial charge >= 0.3 is 0 Å². The van der Waals surface area contributed by atoms with Gasteiger partial charge in [-0.15, -0.1) is 0 Å². The van der Waals surface area contributed by atoms with Crippen LogP contribution in [0.1, 0.15) is 49.9 Å². The number of furan rings is 2. The van der Waals surface area contributed by atoms with Crippen LogP contribution in [0.5, 0.6) is 0 Å². The van der Waals surface area contributed by atoms with Crippen molar-refractivity contribution < 1.29 is 8.83 Å². The van der Waals surface area contributed by atoms with Gasteiger partial charge in [-0.05, 0) is 80.9 Å². The molecule has 0 aliphatic heterocycles. The molecule has 0 N–H and O–H groups in total. The van der Waals surface area contributed by atoms with Gasteiger partial charge in [-0.25, -0.2) is 0 Å². The zero-order valence-corrected chi connectivity index (χ0v) is 21.9. The Labute approximate surface area is 220 Å². The highest BCUT2D eigenvalue weighted by Crippen LogP contribution is 2.59. The van der Waals surface area contributed by atoms with Crippen molar-refractivity contribution in [2.24, 2.45) is 0 Å². The standard InChI is InChI=1S/C36H26O2/c1-35(2)23-13-15-29-33(19-9-5-7-11-27(19)37-29)31(23)21-18-26-22(17-25(21)35)32-24(36(26,3)4)14-16-30-34(32)20-10-6-8-12-28(20)38-30/h5-18H,1-4H3.